The minimum Gasteiger partial charge on any atom is -0.385 e. The predicted molar refractivity (Wildman–Crippen MR) is 73.5 cm³/mol. The van der Waals surface area contributed by atoms with Crippen LogP contribution >= 0.6 is 11.3 Å². The van der Waals surface area contributed by atoms with Crippen LogP contribution in [0, 0.1) is 0 Å². The van der Waals surface area contributed by atoms with Gasteiger partial charge in [0.15, 0.2) is 0 Å². The summed E-state index contributed by atoms with van der Waals surface area (Å²) in [6.07, 6.45) is 2.81. The fraction of sp³-hybridized carbons (Fsp3) is 0.385. The first-order chi connectivity index (χ1) is 8.90. The minimum absolute atomic E-state index is 0.795. The van der Waals surface area contributed by atoms with E-state index in [-0.39, 0.29) is 0 Å². The molecule has 0 aliphatic rings. The summed E-state index contributed by atoms with van der Waals surface area (Å²) in [5.41, 5.74) is 2.01. The first-order valence-electron chi connectivity index (χ1n) is 5.95. The largest absolute Gasteiger partial charge is 0.385 e. The fourth-order valence-corrected chi connectivity index (χ4v) is 2.35. The molecule has 18 heavy (non-hydrogen) atoms. The van der Waals surface area contributed by atoms with Crippen LogP contribution in [0.3, 0.4) is 0 Å². The highest BCUT2D eigenvalue weighted by molar-refractivity contribution is 7.13. The Hall–Kier alpha value is -1.30. The smallest absolute Gasteiger partial charge is 0.142 e. The van der Waals surface area contributed by atoms with Gasteiger partial charge in [0.2, 0.25) is 0 Å². The van der Waals surface area contributed by atoms with Crippen molar-refractivity contribution in [3.8, 4) is 10.7 Å². The van der Waals surface area contributed by atoms with Gasteiger partial charge in [0.25, 0.3) is 0 Å². The molecular formula is C13H17N3OS. The van der Waals surface area contributed by atoms with Crippen LogP contribution < -0.4 is 5.32 Å². The van der Waals surface area contributed by atoms with Crippen molar-refractivity contribution in [3.63, 3.8) is 0 Å². The molecule has 2 rings (SSSR count). The predicted octanol–water partition coefficient (Wildman–Crippen LogP) is 2.33. The number of methoxy groups -OCH3 is 1. The van der Waals surface area contributed by atoms with Gasteiger partial charge in [-0.05, 0) is 25.1 Å². The van der Waals surface area contributed by atoms with Gasteiger partial charge < -0.3 is 10.1 Å². The molecule has 0 atom stereocenters. The third-order valence-corrected chi connectivity index (χ3v) is 3.36. The lowest BCUT2D eigenvalue weighted by atomic mass is 10.3. The standard InChI is InChI=1S/C13H17N3OS/c1-17-8-4-6-14-9-11-10-18-13(16-11)12-5-2-3-7-15-12/h2-3,5,7,10,14H,4,6,8-9H2,1H3. The molecule has 4 nitrogen and oxygen atoms in total. The van der Waals surface area contributed by atoms with Crippen molar-refractivity contribution in [3.05, 3.63) is 35.5 Å². The van der Waals surface area contributed by atoms with Gasteiger partial charge in [0.05, 0.1) is 11.4 Å². The van der Waals surface area contributed by atoms with E-state index in [1.165, 1.54) is 0 Å². The van der Waals surface area contributed by atoms with Gasteiger partial charge in [-0.2, -0.15) is 0 Å². The zero-order chi connectivity index (χ0) is 12.6. The third kappa shape index (κ3) is 3.87. The Morgan fingerprint density at radius 2 is 2.33 bits per heavy atom. The molecule has 0 aliphatic heterocycles. The minimum atomic E-state index is 0.795. The molecule has 2 heterocycles. The monoisotopic (exact) mass is 263 g/mol. The Labute approximate surface area is 111 Å². The highest BCUT2D eigenvalue weighted by Gasteiger charge is 2.04. The van der Waals surface area contributed by atoms with Gasteiger partial charge in [-0.3, -0.25) is 4.98 Å². The zero-order valence-electron chi connectivity index (χ0n) is 10.4. The molecule has 0 aliphatic carbocycles. The molecule has 0 spiro atoms. The molecule has 0 amide bonds. The van der Waals surface area contributed by atoms with E-state index in [0.29, 0.717) is 0 Å². The van der Waals surface area contributed by atoms with Crippen LogP contribution in [0.4, 0.5) is 0 Å². The molecule has 0 unspecified atom stereocenters. The van der Waals surface area contributed by atoms with Gasteiger partial charge in [0.1, 0.15) is 5.01 Å². The molecule has 0 aromatic carbocycles. The maximum absolute atomic E-state index is 4.99. The molecule has 0 saturated carbocycles. The Morgan fingerprint density at radius 3 is 3.11 bits per heavy atom. The number of thiazole rings is 1. The molecule has 0 bridgehead atoms. The van der Waals surface area contributed by atoms with E-state index in [2.05, 4.69) is 20.7 Å². The second-order valence-corrected chi connectivity index (χ2v) is 4.74. The summed E-state index contributed by atoms with van der Waals surface area (Å²) < 4.78 is 4.99. The van der Waals surface area contributed by atoms with E-state index in [9.17, 15) is 0 Å². The lowest BCUT2D eigenvalue weighted by Gasteiger charge is -2.01. The van der Waals surface area contributed by atoms with E-state index in [1.54, 1.807) is 24.6 Å². The molecule has 0 saturated heterocycles. The number of hydrogen-bond donors (Lipinski definition) is 1. The van der Waals surface area contributed by atoms with Gasteiger partial charge in [-0.15, -0.1) is 11.3 Å². The number of nitrogens with one attached hydrogen (secondary N) is 1. The van der Waals surface area contributed by atoms with Crippen molar-refractivity contribution in [2.75, 3.05) is 20.3 Å². The number of aromatic nitrogens is 2. The van der Waals surface area contributed by atoms with Crippen molar-refractivity contribution in [1.82, 2.24) is 15.3 Å². The molecule has 96 valence electrons. The second kappa shape index (κ2) is 7.20. The Kier molecular flexibility index (Phi) is 5.26. The summed E-state index contributed by atoms with van der Waals surface area (Å²) in [4.78, 5) is 8.85. The normalized spacial score (nSPS) is 10.7. The van der Waals surface area contributed by atoms with Crippen LogP contribution in [-0.4, -0.2) is 30.2 Å². The lowest BCUT2D eigenvalue weighted by Crippen LogP contribution is -2.16. The topological polar surface area (TPSA) is 47.0 Å². The molecule has 2 aromatic heterocycles. The van der Waals surface area contributed by atoms with Crippen LogP contribution in [0.25, 0.3) is 10.7 Å². The Balaban J connectivity index is 1.83. The number of rotatable bonds is 7. The highest BCUT2D eigenvalue weighted by atomic mass is 32.1. The van der Waals surface area contributed by atoms with Gasteiger partial charge in [-0.25, -0.2) is 4.98 Å². The molecular weight excluding hydrogens is 246 g/mol. The van der Waals surface area contributed by atoms with E-state index in [0.717, 1.165) is 42.5 Å². The van der Waals surface area contributed by atoms with Crippen molar-refractivity contribution in [2.24, 2.45) is 0 Å². The summed E-state index contributed by atoms with van der Waals surface area (Å²) in [7, 11) is 1.72. The average Bonchev–Trinajstić information content (AvgIpc) is 2.88. The Bertz CT molecular complexity index is 458. The summed E-state index contributed by atoms with van der Waals surface area (Å²) in [5, 5.41) is 6.40. The maximum Gasteiger partial charge on any atom is 0.142 e. The van der Waals surface area contributed by atoms with E-state index < -0.39 is 0 Å². The van der Waals surface area contributed by atoms with E-state index in [1.807, 2.05) is 18.2 Å². The van der Waals surface area contributed by atoms with Crippen LogP contribution in [0.5, 0.6) is 0 Å². The van der Waals surface area contributed by atoms with Crippen molar-refractivity contribution >= 4 is 11.3 Å². The number of ether oxygens (including phenoxy) is 1. The molecule has 0 radical (unpaired) electrons. The third-order valence-electron chi connectivity index (χ3n) is 2.44. The van der Waals surface area contributed by atoms with Crippen molar-refractivity contribution < 1.29 is 4.74 Å². The van der Waals surface area contributed by atoms with Gasteiger partial charge in [-0.1, -0.05) is 6.07 Å². The Morgan fingerprint density at radius 1 is 1.39 bits per heavy atom. The summed E-state index contributed by atoms with van der Waals surface area (Å²) in [6, 6.07) is 5.87. The van der Waals surface area contributed by atoms with Gasteiger partial charge >= 0.3 is 0 Å². The SMILES string of the molecule is COCCCNCc1csc(-c2ccccn2)n1. The van der Waals surface area contributed by atoms with Crippen molar-refractivity contribution in [2.45, 2.75) is 13.0 Å². The summed E-state index contributed by atoms with van der Waals surface area (Å²) >= 11 is 1.63. The van der Waals surface area contributed by atoms with E-state index >= 15 is 0 Å². The molecule has 0 fully saturated rings. The second-order valence-electron chi connectivity index (χ2n) is 3.88. The fourth-order valence-electron chi connectivity index (χ4n) is 1.55. The first kappa shape index (κ1) is 13.1. The van der Waals surface area contributed by atoms with Gasteiger partial charge in [0, 0.05) is 31.8 Å². The number of pyridine rings is 1. The molecule has 2 aromatic rings. The summed E-state index contributed by atoms with van der Waals surface area (Å²) in [5.74, 6) is 0. The van der Waals surface area contributed by atoms with Crippen LogP contribution in [0.1, 0.15) is 12.1 Å². The zero-order valence-corrected chi connectivity index (χ0v) is 11.2. The quantitative estimate of drug-likeness (QED) is 0.779. The van der Waals surface area contributed by atoms with Crippen molar-refractivity contribution in [1.29, 1.82) is 0 Å². The number of hydrogen-bond acceptors (Lipinski definition) is 5. The summed E-state index contributed by atoms with van der Waals surface area (Å²) in [6.45, 7) is 2.54. The molecule has 1 N–H and O–H groups in total. The molecule has 5 heteroatoms. The first-order valence-corrected chi connectivity index (χ1v) is 6.83. The average molecular weight is 263 g/mol. The highest BCUT2D eigenvalue weighted by Crippen LogP contribution is 2.20. The van der Waals surface area contributed by atoms with Crippen LogP contribution in [0.15, 0.2) is 29.8 Å². The van der Waals surface area contributed by atoms with Crippen LogP contribution in [0.2, 0.25) is 0 Å². The van der Waals surface area contributed by atoms with E-state index in [4.69, 9.17) is 4.74 Å². The number of nitrogens with zero attached hydrogens (tertiary/aromatic N) is 2. The lowest BCUT2D eigenvalue weighted by molar-refractivity contribution is 0.194. The van der Waals surface area contributed by atoms with Crippen LogP contribution in [-0.2, 0) is 11.3 Å². The maximum atomic E-state index is 4.99.